The fraction of sp³-hybridized carbons (Fsp3) is 0.182. The number of benzene rings is 1. The monoisotopic (exact) mass is 219 g/mol. The molecule has 0 spiro atoms. The van der Waals surface area contributed by atoms with Crippen LogP contribution in [-0.4, -0.2) is 17.3 Å². The molecule has 0 saturated carbocycles. The van der Waals surface area contributed by atoms with Gasteiger partial charge in [0.05, 0.1) is 12.8 Å². The van der Waals surface area contributed by atoms with E-state index in [1.807, 2.05) is 0 Å². The molecule has 0 aliphatic heterocycles. The molecule has 1 aliphatic carbocycles. The van der Waals surface area contributed by atoms with Crippen LogP contribution in [0.15, 0.2) is 12.1 Å². The summed E-state index contributed by atoms with van der Waals surface area (Å²) in [6.07, 6.45) is 0.619. The number of fused-ring (bicyclic) bond motifs is 3. The fourth-order valence-electron chi connectivity index (χ4n) is 2.10. The highest BCUT2D eigenvalue weighted by Gasteiger charge is 2.25. The van der Waals surface area contributed by atoms with Crippen LogP contribution in [0.1, 0.15) is 11.1 Å². The molecule has 1 aromatic carbocycles. The summed E-state index contributed by atoms with van der Waals surface area (Å²) in [5.74, 6) is 0.364. The minimum absolute atomic E-state index is 0.236. The number of methoxy groups -OCH3 is 1. The number of ether oxygens (including phenoxy) is 1. The largest absolute Gasteiger partial charge is 0.494 e. The number of nitrogen functional groups attached to an aromatic ring is 1. The number of aromatic nitrogens is 2. The number of hydrogen-bond acceptors (Lipinski definition) is 3. The van der Waals surface area contributed by atoms with E-state index in [1.165, 1.54) is 13.2 Å². The Hall–Kier alpha value is -2.04. The summed E-state index contributed by atoms with van der Waals surface area (Å²) in [6, 6.07) is 3.16. The molecule has 0 saturated heterocycles. The first-order valence-electron chi connectivity index (χ1n) is 4.90. The molecular weight excluding hydrogens is 209 g/mol. The Kier molecular flexibility index (Phi) is 1.71. The topological polar surface area (TPSA) is 63.9 Å². The molecule has 16 heavy (non-hydrogen) atoms. The summed E-state index contributed by atoms with van der Waals surface area (Å²) in [7, 11) is 1.45. The molecule has 2 aromatic rings. The standard InChI is InChI=1S/C11H10FN3O/c1-16-9-4-6-5(3-8(9)12)2-7-10(6)14-15-11(7)13/h3-4H,2H2,1H3,(H3,13,14,15). The molecular formula is C11H10FN3O. The van der Waals surface area contributed by atoms with Crippen LogP contribution in [0.3, 0.4) is 0 Å². The predicted octanol–water partition coefficient (Wildman–Crippen LogP) is 1.71. The van der Waals surface area contributed by atoms with Crippen LogP contribution in [0.25, 0.3) is 11.3 Å². The number of H-pyrrole nitrogens is 1. The summed E-state index contributed by atoms with van der Waals surface area (Å²) >= 11 is 0. The van der Waals surface area contributed by atoms with Gasteiger partial charge in [-0.05, 0) is 17.7 Å². The van der Waals surface area contributed by atoms with Gasteiger partial charge in [0, 0.05) is 17.5 Å². The minimum atomic E-state index is -0.349. The summed E-state index contributed by atoms with van der Waals surface area (Å²) in [5, 5.41) is 6.79. The first-order valence-corrected chi connectivity index (χ1v) is 4.90. The van der Waals surface area contributed by atoms with Crippen molar-refractivity contribution in [1.29, 1.82) is 0 Å². The number of nitrogens with one attached hydrogen (secondary N) is 1. The lowest BCUT2D eigenvalue weighted by Gasteiger charge is -2.05. The second-order valence-corrected chi connectivity index (χ2v) is 3.78. The summed E-state index contributed by atoms with van der Waals surface area (Å²) in [4.78, 5) is 0. The van der Waals surface area contributed by atoms with E-state index in [1.54, 1.807) is 6.07 Å². The van der Waals surface area contributed by atoms with Gasteiger partial charge in [0.2, 0.25) is 0 Å². The quantitative estimate of drug-likeness (QED) is 0.654. The molecule has 0 bridgehead atoms. The molecule has 0 unspecified atom stereocenters. The smallest absolute Gasteiger partial charge is 0.165 e. The van der Waals surface area contributed by atoms with Crippen molar-refractivity contribution in [1.82, 2.24) is 10.2 Å². The summed E-state index contributed by atoms with van der Waals surface area (Å²) < 4.78 is 18.4. The van der Waals surface area contributed by atoms with E-state index in [2.05, 4.69) is 10.2 Å². The number of hydrogen-bond donors (Lipinski definition) is 2. The zero-order valence-electron chi connectivity index (χ0n) is 8.67. The Labute approximate surface area is 91.2 Å². The van der Waals surface area contributed by atoms with Gasteiger partial charge in [-0.3, -0.25) is 5.10 Å². The fourth-order valence-corrected chi connectivity index (χ4v) is 2.10. The maximum Gasteiger partial charge on any atom is 0.165 e. The number of aromatic amines is 1. The minimum Gasteiger partial charge on any atom is -0.494 e. The van der Waals surface area contributed by atoms with Gasteiger partial charge in [0.15, 0.2) is 11.6 Å². The van der Waals surface area contributed by atoms with E-state index in [9.17, 15) is 4.39 Å². The number of halogens is 1. The zero-order chi connectivity index (χ0) is 11.3. The summed E-state index contributed by atoms with van der Waals surface area (Å²) in [6.45, 7) is 0. The van der Waals surface area contributed by atoms with Crippen molar-refractivity contribution in [2.75, 3.05) is 12.8 Å². The van der Waals surface area contributed by atoms with E-state index in [4.69, 9.17) is 10.5 Å². The highest BCUT2D eigenvalue weighted by atomic mass is 19.1. The maximum atomic E-state index is 13.5. The molecule has 1 aliphatic rings. The van der Waals surface area contributed by atoms with Gasteiger partial charge in [0.1, 0.15) is 5.82 Å². The van der Waals surface area contributed by atoms with Crippen LogP contribution in [0, 0.1) is 5.82 Å². The van der Waals surface area contributed by atoms with Crippen molar-refractivity contribution in [3.05, 3.63) is 29.1 Å². The Morgan fingerprint density at radius 2 is 2.31 bits per heavy atom. The average molecular weight is 219 g/mol. The predicted molar refractivity (Wildman–Crippen MR) is 57.8 cm³/mol. The van der Waals surface area contributed by atoms with E-state index in [0.717, 1.165) is 22.4 Å². The first kappa shape index (κ1) is 9.21. The third kappa shape index (κ3) is 1.05. The second-order valence-electron chi connectivity index (χ2n) is 3.78. The van der Waals surface area contributed by atoms with E-state index in [-0.39, 0.29) is 11.6 Å². The zero-order valence-corrected chi connectivity index (χ0v) is 8.67. The third-order valence-electron chi connectivity index (χ3n) is 2.91. The lowest BCUT2D eigenvalue weighted by atomic mass is 10.1. The molecule has 5 heteroatoms. The van der Waals surface area contributed by atoms with Gasteiger partial charge < -0.3 is 10.5 Å². The summed E-state index contributed by atoms with van der Waals surface area (Å²) in [5.41, 5.74) is 9.34. The van der Waals surface area contributed by atoms with Crippen molar-refractivity contribution >= 4 is 5.82 Å². The Morgan fingerprint density at radius 1 is 1.50 bits per heavy atom. The molecule has 0 amide bonds. The Morgan fingerprint density at radius 3 is 3.06 bits per heavy atom. The lowest BCUT2D eigenvalue weighted by Crippen LogP contribution is -1.93. The lowest BCUT2D eigenvalue weighted by molar-refractivity contribution is 0.386. The van der Waals surface area contributed by atoms with Crippen molar-refractivity contribution in [3.8, 4) is 17.0 Å². The molecule has 0 fully saturated rings. The van der Waals surface area contributed by atoms with Crippen LogP contribution in [0.5, 0.6) is 5.75 Å². The first-order chi connectivity index (χ1) is 7.70. The van der Waals surface area contributed by atoms with Gasteiger partial charge in [-0.25, -0.2) is 4.39 Å². The number of nitrogens with zero attached hydrogens (tertiary/aromatic N) is 1. The van der Waals surface area contributed by atoms with Crippen LogP contribution in [-0.2, 0) is 6.42 Å². The highest BCUT2D eigenvalue weighted by molar-refractivity contribution is 5.78. The molecule has 0 radical (unpaired) electrons. The number of anilines is 1. The van der Waals surface area contributed by atoms with Gasteiger partial charge in [-0.15, -0.1) is 0 Å². The van der Waals surface area contributed by atoms with Crippen molar-refractivity contribution in [2.45, 2.75) is 6.42 Å². The van der Waals surface area contributed by atoms with Crippen LogP contribution in [0.2, 0.25) is 0 Å². The number of rotatable bonds is 1. The molecule has 1 heterocycles. The third-order valence-corrected chi connectivity index (χ3v) is 2.91. The molecule has 4 nitrogen and oxygen atoms in total. The van der Waals surface area contributed by atoms with Crippen molar-refractivity contribution in [3.63, 3.8) is 0 Å². The van der Waals surface area contributed by atoms with E-state index < -0.39 is 0 Å². The van der Waals surface area contributed by atoms with Crippen LogP contribution in [0.4, 0.5) is 10.2 Å². The SMILES string of the molecule is COc1cc2c(cc1F)Cc1c(N)n[nH]c1-2. The Balaban J connectivity index is 2.23. The highest BCUT2D eigenvalue weighted by Crippen LogP contribution is 2.40. The molecule has 3 rings (SSSR count). The van der Waals surface area contributed by atoms with Gasteiger partial charge in [0.25, 0.3) is 0 Å². The van der Waals surface area contributed by atoms with Gasteiger partial charge in [-0.1, -0.05) is 0 Å². The van der Waals surface area contributed by atoms with E-state index >= 15 is 0 Å². The molecule has 1 aromatic heterocycles. The van der Waals surface area contributed by atoms with E-state index in [0.29, 0.717) is 12.2 Å². The van der Waals surface area contributed by atoms with Crippen LogP contribution < -0.4 is 10.5 Å². The van der Waals surface area contributed by atoms with Crippen molar-refractivity contribution < 1.29 is 9.13 Å². The normalized spacial score (nSPS) is 12.4. The molecule has 0 atom stereocenters. The maximum absolute atomic E-state index is 13.5. The van der Waals surface area contributed by atoms with Gasteiger partial charge >= 0.3 is 0 Å². The van der Waals surface area contributed by atoms with Gasteiger partial charge in [-0.2, -0.15) is 5.10 Å². The second kappa shape index (κ2) is 2.98. The van der Waals surface area contributed by atoms with Crippen molar-refractivity contribution in [2.24, 2.45) is 0 Å². The molecule has 82 valence electrons. The van der Waals surface area contributed by atoms with Crippen LogP contribution >= 0.6 is 0 Å². The Bertz CT molecular complexity index is 577. The average Bonchev–Trinajstić information content (AvgIpc) is 2.78. The molecule has 3 N–H and O–H groups in total. The number of nitrogens with two attached hydrogens (primary N) is 1.